The van der Waals surface area contributed by atoms with Gasteiger partial charge in [0.1, 0.15) is 0 Å². The number of hydrogen-bond donors (Lipinski definition) is 1. The van der Waals surface area contributed by atoms with Crippen molar-refractivity contribution >= 4 is 5.91 Å². The highest BCUT2D eigenvalue weighted by molar-refractivity contribution is 5.76. The van der Waals surface area contributed by atoms with Crippen LogP contribution in [0.5, 0.6) is 0 Å². The monoisotopic (exact) mass is 211 g/mol. The molecule has 2 nitrogen and oxygen atoms in total. The van der Waals surface area contributed by atoms with Gasteiger partial charge in [-0.2, -0.15) is 0 Å². The van der Waals surface area contributed by atoms with Crippen molar-refractivity contribution in [3.8, 4) is 0 Å². The van der Waals surface area contributed by atoms with Crippen LogP contribution in [0.4, 0.5) is 0 Å². The maximum Gasteiger partial charge on any atom is 0.220 e. The first kappa shape index (κ1) is 12.5. The molecule has 0 spiro atoms. The summed E-state index contributed by atoms with van der Waals surface area (Å²) in [7, 11) is 0. The fourth-order valence-corrected chi connectivity index (χ4v) is 2.27. The molecule has 1 aliphatic rings. The summed E-state index contributed by atoms with van der Waals surface area (Å²) in [5.74, 6) is 0.879. The van der Waals surface area contributed by atoms with Gasteiger partial charge in [0, 0.05) is 12.5 Å². The summed E-state index contributed by atoms with van der Waals surface area (Å²) in [6.45, 7) is 8.58. The van der Waals surface area contributed by atoms with Gasteiger partial charge in [-0.25, -0.2) is 0 Å². The molecule has 2 atom stereocenters. The van der Waals surface area contributed by atoms with Crippen LogP contribution in [0.15, 0.2) is 0 Å². The highest BCUT2D eigenvalue weighted by atomic mass is 16.1. The van der Waals surface area contributed by atoms with Crippen molar-refractivity contribution in [1.29, 1.82) is 0 Å². The van der Waals surface area contributed by atoms with Crippen LogP contribution in [0, 0.1) is 11.3 Å². The highest BCUT2D eigenvalue weighted by Gasteiger charge is 2.24. The Morgan fingerprint density at radius 2 is 1.87 bits per heavy atom. The van der Waals surface area contributed by atoms with Crippen LogP contribution in [0.3, 0.4) is 0 Å². The number of hydrogen-bond acceptors (Lipinski definition) is 1. The van der Waals surface area contributed by atoms with Gasteiger partial charge in [0.15, 0.2) is 0 Å². The first-order chi connectivity index (χ1) is 6.88. The lowest BCUT2D eigenvalue weighted by Crippen LogP contribution is -2.42. The Balaban J connectivity index is 2.36. The predicted molar refractivity (Wildman–Crippen MR) is 63.6 cm³/mol. The molecule has 1 N–H and O–H groups in total. The van der Waals surface area contributed by atoms with Crippen molar-refractivity contribution in [3.63, 3.8) is 0 Å². The molecule has 0 aromatic rings. The predicted octanol–water partition coefficient (Wildman–Crippen LogP) is 3.12. The van der Waals surface area contributed by atoms with Gasteiger partial charge in [-0.15, -0.1) is 0 Å². The molecular formula is C13H25NO. The molecule has 0 saturated heterocycles. The lowest BCUT2D eigenvalue weighted by molar-refractivity contribution is -0.124. The molecule has 1 aliphatic carbocycles. The molecule has 0 heterocycles. The summed E-state index contributed by atoms with van der Waals surface area (Å²) in [6, 6.07) is 0.425. The Morgan fingerprint density at radius 1 is 1.27 bits per heavy atom. The fourth-order valence-electron chi connectivity index (χ4n) is 2.27. The number of rotatable bonds is 2. The lowest BCUT2D eigenvalue weighted by Gasteiger charge is -2.30. The van der Waals surface area contributed by atoms with E-state index in [0.717, 1.165) is 6.42 Å². The lowest BCUT2D eigenvalue weighted by atomic mass is 9.85. The molecule has 1 fully saturated rings. The Bertz CT molecular complexity index is 217. The summed E-state index contributed by atoms with van der Waals surface area (Å²) in [6.07, 6.45) is 5.66. The van der Waals surface area contributed by atoms with Crippen molar-refractivity contribution in [3.05, 3.63) is 0 Å². The SMILES string of the molecule is CC1CCCCC1NC(=O)CC(C)(C)C. The summed E-state index contributed by atoms with van der Waals surface area (Å²) in [5, 5.41) is 3.19. The van der Waals surface area contributed by atoms with Crippen molar-refractivity contribution in [2.24, 2.45) is 11.3 Å². The third kappa shape index (κ3) is 4.67. The molecule has 1 rings (SSSR count). The summed E-state index contributed by atoms with van der Waals surface area (Å²) in [4.78, 5) is 11.8. The zero-order valence-corrected chi connectivity index (χ0v) is 10.6. The summed E-state index contributed by atoms with van der Waals surface area (Å²) >= 11 is 0. The van der Waals surface area contributed by atoms with E-state index in [1.807, 2.05) is 0 Å². The Morgan fingerprint density at radius 3 is 2.40 bits per heavy atom. The van der Waals surface area contributed by atoms with Gasteiger partial charge in [0.05, 0.1) is 0 Å². The van der Waals surface area contributed by atoms with Crippen molar-refractivity contribution in [2.75, 3.05) is 0 Å². The Hall–Kier alpha value is -0.530. The van der Waals surface area contributed by atoms with Gasteiger partial charge in [0.25, 0.3) is 0 Å². The zero-order valence-electron chi connectivity index (χ0n) is 10.6. The van der Waals surface area contributed by atoms with E-state index in [1.165, 1.54) is 19.3 Å². The molecule has 0 aromatic carbocycles. The van der Waals surface area contributed by atoms with Crippen LogP contribution in [-0.4, -0.2) is 11.9 Å². The van der Waals surface area contributed by atoms with Gasteiger partial charge in [-0.3, -0.25) is 4.79 Å². The number of nitrogens with one attached hydrogen (secondary N) is 1. The van der Waals surface area contributed by atoms with Crippen LogP contribution < -0.4 is 5.32 Å². The molecule has 88 valence electrons. The van der Waals surface area contributed by atoms with Gasteiger partial charge in [-0.1, -0.05) is 40.5 Å². The smallest absolute Gasteiger partial charge is 0.220 e. The molecular weight excluding hydrogens is 186 g/mol. The molecule has 2 heteroatoms. The maximum absolute atomic E-state index is 11.8. The number of amides is 1. The van der Waals surface area contributed by atoms with Gasteiger partial charge in [0.2, 0.25) is 5.91 Å². The maximum atomic E-state index is 11.8. The second-order valence-electron chi connectivity index (χ2n) is 6.17. The first-order valence-corrected chi connectivity index (χ1v) is 6.18. The van der Waals surface area contributed by atoms with Gasteiger partial charge < -0.3 is 5.32 Å². The Kier molecular flexibility index (Phi) is 4.18. The Labute approximate surface area is 93.8 Å². The van der Waals surface area contributed by atoms with E-state index in [-0.39, 0.29) is 11.3 Å². The molecule has 15 heavy (non-hydrogen) atoms. The molecule has 0 bridgehead atoms. The molecule has 2 unspecified atom stereocenters. The zero-order chi connectivity index (χ0) is 11.5. The second-order valence-corrected chi connectivity index (χ2v) is 6.17. The van der Waals surface area contributed by atoms with Crippen LogP contribution in [0.1, 0.15) is 59.8 Å². The third-order valence-corrected chi connectivity index (χ3v) is 3.15. The minimum absolute atomic E-state index is 0.0992. The third-order valence-electron chi connectivity index (χ3n) is 3.15. The molecule has 0 aliphatic heterocycles. The standard InChI is InChI=1S/C13H25NO/c1-10-7-5-6-8-11(10)14-12(15)9-13(2,3)4/h10-11H,5-9H2,1-4H3,(H,14,15). The summed E-state index contributed by atoms with van der Waals surface area (Å²) in [5.41, 5.74) is 0.0992. The average molecular weight is 211 g/mol. The van der Waals surface area contributed by atoms with E-state index < -0.39 is 0 Å². The van der Waals surface area contributed by atoms with Crippen LogP contribution >= 0.6 is 0 Å². The van der Waals surface area contributed by atoms with Crippen molar-refractivity contribution in [2.45, 2.75) is 65.8 Å². The van der Waals surface area contributed by atoms with Crippen LogP contribution in [0.25, 0.3) is 0 Å². The van der Waals surface area contributed by atoms with E-state index in [9.17, 15) is 4.79 Å². The molecule has 0 radical (unpaired) electrons. The first-order valence-electron chi connectivity index (χ1n) is 6.18. The van der Waals surface area contributed by atoms with Crippen LogP contribution in [0.2, 0.25) is 0 Å². The van der Waals surface area contributed by atoms with Crippen molar-refractivity contribution in [1.82, 2.24) is 5.32 Å². The second kappa shape index (κ2) is 5.00. The minimum atomic E-state index is 0.0992. The highest BCUT2D eigenvalue weighted by Crippen LogP contribution is 2.24. The fraction of sp³-hybridized carbons (Fsp3) is 0.923. The molecule has 1 saturated carbocycles. The summed E-state index contributed by atoms with van der Waals surface area (Å²) < 4.78 is 0. The van der Waals surface area contributed by atoms with E-state index in [4.69, 9.17) is 0 Å². The van der Waals surface area contributed by atoms with E-state index in [0.29, 0.717) is 18.4 Å². The van der Waals surface area contributed by atoms with Crippen LogP contribution in [-0.2, 0) is 4.79 Å². The van der Waals surface area contributed by atoms with Crippen molar-refractivity contribution < 1.29 is 4.79 Å². The van der Waals surface area contributed by atoms with E-state index in [2.05, 4.69) is 33.0 Å². The van der Waals surface area contributed by atoms with Gasteiger partial charge in [-0.05, 0) is 24.2 Å². The number of carbonyl (C=O) groups excluding carboxylic acids is 1. The number of carbonyl (C=O) groups is 1. The topological polar surface area (TPSA) is 29.1 Å². The average Bonchev–Trinajstić information content (AvgIpc) is 2.05. The van der Waals surface area contributed by atoms with E-state index in [1.54, 1.807) is 0 Å². The quantitative estimate of drug-likeness (QED) is 0.747. The molecule has 0 aromatic heterocycles. The van der Waals surface area contributed by atoms with Gasteiger partial charge >= 0.3 is 0 Å². The largest absolute Gasteiger partial charge is 0.353 e. The molecule has 1 amide bonds. The van der Waals surface area contributed by atoms with E-state index >= 15 is 0 Å². The normalized spacial score (nSPS) is 27.5. The minimum Gasteiger partial charge on any atom is -0.353 e.